The Kier molecular flexibility index (Phi) is 5.28. The molecule has 3 nitrogen and oxygen atoms in total. The van der Waals surface area contributed by atoms with Crippen LogP contribution in [0.2, 0.25) is 0 Å². The standard InChI is InChI=1S/C13H17BrFNO2/c1-8(2)16(7-9(3)17)13(18)10-4-11(14)6-12(15)5-10/h4-6,8-9,17H,7H2,1-3H3. The smallest absolute Gasteiger partial charge is 0.254 e. The second-order valence-electron chi connectivity index (χ2n) is 4.56. The number of carbonyl (C=O) groups is 1. The lowest BCUT2D eigenvalue weighted by atomic mass is 10.1. The highest BCUT2D eigenvalue weighted by atomic mass is 79.9. The zero-order valence-corrected chi connectivity index (χ0v) is 12.2. The van der Waals surface area contributed by atoms with Gasteiger partial charge in [-0.1, -0.05) is 15.9 Å². The molecule has 0 aliphatic rings. The fourth-order valence-electron chi connectivity index (χ4n) is 1.66. The molecule has 1 N–H and O–H groups in total. The van der Waals surface area contributed by atoms with Crippen molar-refractivity contribution in [2.24, 2.45) is 0 Å². The SMILES string of the molecule is CC(O)CN(C(=O)c1cc(F)cc(Br)c1)C(C)C. The zero-order valence-electron chi connectivity index (χ0n) is 10.7. The largest absolute Gasteiger partial charge is 0.392 e. The van der Waals surface area contributed by atoms with E-state index >= 15 is 0 Å². The van der Waals surface area contributed by atoms with Crippen molar-refractivity contribution >= 4 is 21.8 Å². The van der Waals surface area contributed by atoms with Crippen LogP contribution in [-0.4, -0.2) is 34.6 Å². The normalized spacial score (nSPS) is 12.6. The highest BCUT2D eigenvalue weighted by Crippen LogP contribution is 2.17. The molecule has 0 aromatic heterocycles. The van der Waals surface area contributed by atoms with E-state index in [2.05, 4.69) is 15.9 Å². The predicted molar refractivity (Wildman–Crippen MR) is 72.0 cm³/mol. The summed E-state index contributed by atoms with van der Waals surface area (Å²) in [6.07, 6.45) is -0.617. The first-order chi connectivity index (χ1) is 8.31. The number of aliphatic hydroxyl groups is 1. The van der Waals surface area contributed by atoms with Crippen molar-refractivity contribution < 1.29 is 14.3 Å². The lowest BCUT2D eigenvalue weighted by molar-refractivity contribution is 0.0578. The summed E-state index contributed by atoms with van der Waals surface area (Å²) in [4.78, 5) is 13.8. The highest BCUT2D eigenvalue weighted by molar-refractivity contribution is 9.10. The van der Waals surface area contributed by atoms with Gasteiger partial charge in [0.05, 0.1) is 6.10 Å². The minimum absolute atomic E-state index is 0.0610. The highest BCUT2D eigenvalue weighted by Gasteiger charge is 2.21. The minimum atomic E-state index is -0.617. The van der Waals surface area contributed by atoms with Crippen molar-refractivity contribution in [3.05, 3.63) is 34.1 Å². The first kappa shape index (κ1) is 15.1. The van der Waals surface area contributed by atoms with Crippen LogP contribution in [0, 0.1) is 5.82 Å². The van der Waals surface area contributed by atoms with Gasteiger partial charge in [-0.25, -0.2) is 4.39 Å². The van der Waals surface area contributed by atoms with Crippen molar-refractivity contribution in [2.45, 2.75) is 32.9 Å². The van der Waals surface area contributed by atoms with Gasteiger partial charge in [-0.15, -0.1) is 0 Å². The van der Waals surface area contributed by atoms with E-state index in [1.165, 1.54) is 17.0 Å². The monoisotopic (exact) mass is 317 g/mol. The molecular formula is C13H17BrFNO2. The second kappa shape index (κ2) is 6.29. The molecule has 0 aliphatic heterocycles. The number of benzene rings is 1. The molecule has 1 unspecified atom stereocenters. The summed E-state index contributed by atoms with van der Waals surface area (Å²) in [5.74, 6) is -0.750. The summed E-state index contributed by atoms with van der Waals surface area (Å²) in [6.45, 7) is 5.55. The van der Waals surface area contributed by atoms with Gasteiger partial charge in [0.2, 0.25) is 0 Å². The van der Waals surface area contributed by atoms with Crippen LogP contribution in [0.5, 0.6) is 0 Å². The first-order valence-corrected chi connectivity index (χ1v) is 6.55. The van der Waals surface area contributed by atoms with E-state index in [9.17, 15) is 14.3 Å². The summed E-state index contributed by atoms with van der Waals surface area (Å²) in [6, 6.07) is 4.01. The molecule has 0 aliphatic carbocycles. The van der Waals surface area contributed by atoms with Crippen molar-refractivity contribution in [3.8, 4) is 0 Å². The maximum atomic E-state index is 13.3. The number of hydrogen-bond donors (Lipinski definition) is 1. The van der Waals surface area contributed by atoms with Crippen LogP contribution in [0.25, 0.3) is 0 Å². The molecule has 100 valence electrons. The van der Waals surface area contributed by atoms with Crippen LogP contribution < -0.4 is 0 Å². The maximum absolute atomic E-state index is 13.3. The average Bonchev–Trinajstić information content (AvgIpc) is 2.23. The number of rotatable bonds is 4. The van der Waals surface area contributed by atoms with Crippen molar-refractivity contribution in [1.82, 2.24) is 4.90 Å². The quantitative estimate of drug-likeness (QED) is 0.927. The number of aliphatic hydroxyl groups excluding tert-OH is 1. The Balaban J connectivity index is 3.01. The summed E-state index contributed by atoms with van der Waals surface area (Å²) in [7, 11) is 0. The van der Waals surface area contributed by atoms with E-state index in [0.29, 0.717) is 4.47 Å². The summed E-state index contributed by atoms with van der Waals surface area (Å²) in [5.41, 5.74) is 0.274. The van der Waals surface area contributed by atoms with Crippen molar-refractivity contribution in [1.29, 1.82) is 0 Å². The molecule has 0 radical (unpaired) electrons. The van der Waals surface area contributed by atoms with Gasteiger partial charge < -0.3 is 10.0 Å². The van der Waals surface area contributed by atoms with Gasteiger partial charge in [0.1, 0.15) is 5.82 Å². The molecule has 1 amide bonds. The molecule has 1 aromatic rings. The summed E-state index contributed by atoms with van der Waals surface area (Å²) >= 11 is 3.16. The second-order valence-corrected chi connectivity index (χ2v) is 5.47. The Morgan fingerprint density at radius 1 is 1.39 bits per heavy atom. The summed E-state index contributed by atoms with van der Waals surface area (Å²) < 4.78 is 13.8. The van der Waals surface area contributed by atoms with Gasteiger partial charge in [-0.05, 0) is 39.0 Å². The number of amides is 1. The lowest BCUT2D eigenvalue weighted by Crippen LogP contribution is -2.41. The fraction of sp³-hybridized carbons (Fsp3) is 0.462. The molecule has 0 bridgehead atoms. The van der Waals surface area contributed by atoms with Gasteiger partial charge >= 0.3 is 0 Å². The summed E-state index contributed by atoms with van der Waals surface area (Å²) in [5, 5.41) is 9.40. The van der Waals surface area contributed by atoms with Gasteiger partial charge in [0.15, 0.2) is 0 Å². The Hall–Kier alpha value is -0.940. The first-order valence-electron chi connectivity index (χ1n) is 5.76. The van der Waals surface area contributed by atoms with Crippen molar-refractivity contribution in [2.75, 3.05) is 6.54 Å². The number of hydrogen-bond acceptors (Lipinski definition) is 2. The van der Waals surface area contributed by atoms with Gasteiger partial charge in [0.25, 0.3) is 5.91 Å². The average molecular weight is 318 g/mol. The van der Waals surface area contributed by atoms with E-state index in [4.69, 9.17) is 0 Å². The number of nitrogens with zero attached hydrogens (tertiary/aromatic N) is 1. The molecule has 0 saturated heterocycles. The molecule has 5 heteroatoms. The van der Waals surface area contributed by atoms with Gasteiger partial charge in [-0.2, -0.15) is 0 Å². The Morgan fingerprint density at radius 3 is 2.44 bits per heavy atom. The van der Waals surface area contributed by atoms with E-state index in [1.54, 1.807) is 13.0 Å². The topological polar surface area (TPSA) is 40.5 Å². The third-order valence-electron chi connectivity index (χ3n) is 2.45. The van der Waals surface area contributed by atoms with E-state index < -0.39 is 11.9 Å². The molecule has 1 aromatic carbocycles. The van der Waals surface area contributed by atoms with E-state index in [1.807, 2.05) is 13.8 Å². The Morgan fingerprint density at radius 2 is 2.00 bits per heavy atom. The Labute approximate surface area is 115 Å². The van der Waals surface area contributed by atoms with Gasteiger partial charge in [-0.3, -0.25) is 4.79 Å². The van der Waals surface area contributed by atoms with E-state index in [0.717, 1.165) is 0 Å². The van der Waals surface area contributed by atoms with Crippen LogP contribution in [-0.2, 0) is 0 Å². The maximum Gasteiger partial charge on any atom is 0.254 e. The van der Waals surface area contributed by atoms with Crippen LogP contribution >= 0.6 is 15.9 Å². The zero-order chi connectivity index (χ0) is 13.9. The lowest BCUT2D eigenvalue weighted by Gasteiger charge is -2.28. The minimum Gasteiger partial charge on any atom is -0.392 e. The molecule has 0 spiro atoms. The third-order valence-corrected chi connectivity index (χ3v) is 2.91. The number of halogens is 2. The van der Waals surface area contributed by atoms with Crippen molar-refractivity contribution in [3.63, 3.8) is 0 Å². The fourth-order valence-corrected chi connectivity index (χ4v) is 2.12. The molecular weight excluding hydrogens is 301 g/mol. The molecule has 18 heavy (non-hydrogen) atoms. The molecule has 0 saturated carbocycles. The molecule has 1 rings (SSSR count). The molecule has 0 heterocycles. The van der Waals surface area contributed by atoms with Crippen LogP contribution in [0.4, 0.5) is 4.39 Å². The predicted octanol–water partition coefficient (Wildman–Crippen LogP) is 2.82. The van der Waals surface area contributed by atoms with Gasteiger partial charge in [0, 0.05) is 22.6 Å². The molecule has 1 atom stereocenters. The van der Waals surface area contributed by atoms with Crippen LogP contribution in [0.1, 0.15) is 31.1 Å². The number of carbonyl (C=O) groups excluding carboxylic acids is 1. The third kappa shape index (κ3) is 4.07. The van der Waals surface area contributed by atoms with E-state index in [-0.39, 0.29) is 24.1 Å². The Bertz CT molecular complexity index is 415. The van der Waals surface area contributed by atoms with Crippen LogP contribution in [0.15, 0.2) is 22.7 Å². The molecule has 0 fully saturated rings. The van der Waals surface area contributed by atoms with Crippen LogP contribution in [0.3, 0.4) is 0 Å².